The van der Waals surface area contributed by atoms with Gasteiger partial charge in [0.15, 0.2) is 9.84 Å². The summed E-state index contributed by atoms with van der Waals surface area (Å²) < 4.78 is 25.5. The zero-order chi connectivity index (χ0) is 18.9. The summed E-state index contributed by atoms with van der Waals surface area (Å²) >= 11 is 0. The Labute approximate surface area is 158 Å². The third-order valence-electron chi connectivity index (χ3n) is 5.03. The van der Waals surface area contributed by atoms with Crippen molar-refractivity contribution in [3.63, 3.8) is 0 Å². The molecule has 6 heteroatoms. The molecule has 0 bridgehead atoms. The minimum Gasteiger partial charge on any atom is -0.322 e. The molecular formula is C21H20N2O3S. The monoisotopic (exact) mass is 380 g/mol. The van der Waals surface area contributed by atoms with Crippen LogP contribution >= 0.6 is 0 Å². The zero-order valence-corrected chi connectivity index (χ0v) is 15.6. The van der Waals surface area contributed by atoms with Gasteiger partial charge in [-0.2, -0.15) is 0 Å². The molecule has 0 atom stereocenters. The van der Waals surface area contributed by atoms with Crippen molar-refractivity contribution in [1.82, 2.24) is 4.98 Å². The molecule has 27 heavy (non-hydrogen) atoms. The number of nitrogens with zero attached hydrogens (tertiary/aromatic N) is 1. The maximum absolute atomic E-state index is 12.8. The van der Waals surface area contributed by atoms with Crippen LogP contribution in [0.4, 0.5) is 5.69 Å². The Bertz CT molecular complexity index is 1100. The second-order valence-corrected chi connectivity index (χ2v) is 9.07. The second kappa shape index (κ2) is 7.12. The molecule has 1 heterocycles. The summed E-state index contributed by atoms with van der Waals surface area (Å²) in [5.41, 5.74) is 1.69. The van der Waals surface area contributed by atoms with Gasteiger partial charge >= 0.3 is 0 Å². The lowest BCUT2D eigenvalue weighted by Crippen LogP contribution is -2.18. The molecule has 0 aliphatic heterocycles. The first-order valence-corrected chi connectivity index (χ1v) is 10.6. The fraction of sp³-hybridized carbons (Fsp3) is 0.238. The molecule has 1 saturated carbocycles. The number of aromatic nitrogens is 1. The number of rotatable bonds is 4. The van der Waals surface area contributed by atoms with E-state index in [1.165, 1.54) is 0 Å². The molecule has 1 aromatic heterocycles. The average molecular weight is 380 g/mol. The topological polar surface area (TPSA) is 76.1 Å². The summed E-state index contributed by atoms with van der Waals surface area (Å²) in [6.07, 6.45) is 5.01. The maximum atomic E-state index is 12.8. The van der Waals surface area contributed by atoms with E-state index in [9.17, 15) is 13.2 Å². The Morgan fingerprint density at radius 1 is 1.00 bits per heavy atom. The SMILES string of the molecule is O=C(Nc1cccc(S(=O)(=O)C2CCCC2)c1)c1ccc2cccnc2c1. The number of hydrogen-bond donors (Lipinski definition) is 1. The highest BCUT2D eigenvalue weighted by Crippen LogP contribution is 2.30. The van der Waals surface area contributed by atoms with Gasteiger partial charge in [-0.3, -0.25) is 9.78 Å². The molecule has 3 aromatic rings. The molecule has 138 valence electrons. The molecule has 2 aromatic carbocycles. The van der Waals surface area contributed by atoms with Gasteiger partial charge in [-0.05, 0) is 49.2 Å². The van der Waals surface area contributed by atoms with Crippen LogP contribution in [0.25, 0.3) is 10.9 Å². The normalized spacial score (nSPS) is 15.1. The highest BCUT2D eigenvalue weighted by Gasteiger charge is 2.30. The van der Waals surface area contributed by atoms with E-state index in [-0.39, 0.29) is 16.1 Å². The minimum atomic E-state index is -3.35. The number of carbonyl (C=O) groups is 1. The molecule has 1 fully saturated rings. The first kappa shape index (κ1) is 17.7. The van der Waals surface area contributed by atoms with Crippen LogP contribution in [0.5, 0.6) is 0 Å². The fourth-order valence-electron chi connectivity index (χ4n) is 3.55. The van der Waals surface area contributed by atoms with Gasteiger partial charge in [-0.15, -0.1) is 0 Å². The number of hydrogen-bond acceptors (Lipinski definition) is 4. The fourth-order valence-corrected chi connectivity index (χ4v) is 5.45. The van der Waals surface area contributed by atoms with Crippen molar-refractivity contribution >= 4 is 32.3 Å². The number of amides is 1. The molecule has 1 amide bonds. The first-order chi connectivity index (χ1) is 13.0. The van der Waals surface area contributed by atoms with Crippen LogP contribution in [-0.2, 0) is 9.84 Å². The quantitative estimate of drug-likeness (QED) is 0.736. The number of carbonyl (C=O) groups excluding carboxylic acids is 1. The van der Waals surface area contributed by atoms with Crippen LogP contribution in [0.2, 0.25) is 0 Å². The molecule has 1 N–H and O–H groups in total. The Hall–Kier alpha value is -2.73. The molecule has 1 aliphatic carbocycles. The summed E-state index contributed by atoms with van der Waals surface area (Å²) in [6, 6.07) is 15.6. The highest BCUT2D eigenvalue weighted by molar-refractivity contribution is 7.92. The first-order valence-electron chi connectivity index (χ1n) is 9.04. The summed E-state index contributed by atoms with van der Waals surface area (Å²) in [5.74, 6) is -0.294. The number of anilines is 1. The Morgan fingerprint density at radius 2 is 1.81 bits per heavy atom. The molecule has 0 unspecified atom stereocenters. The zero-order valence-electron chi connectivity index (χ0n) is 14.8. The van der Waals surface area contributed by atoms with E-state index in [0.29, 0.717) is 24.1 Å². The van der Waals surface area contributed by atoms with Crippen LogP contribution in [0, 0.1) is 0 Å². The molecule has 1 aliphatic rings. The minimum absolute atomic E-state index is 0.271. The Balaban J connectivity index is 1.57. The Kier molecular flexibility index (Phi) is 4.66. The third kappa shape index (κ3) is 3.57. The summed E-state index contributed by atoms with van der Waals surface area (Å²) in [5, 5.41) is 3.44. The van der Waals surface area contributed by atoms with Crippen molar-refractivity contribution in [2.24, 2.45) is 0 Å². The maximum Gasteiger partial charge on any atom is 0.255 e. The average Bonchev–Trinajstić information content (AvgIpc) is 3.23. The molecule has 4 rings (SSSR count). The van der Waals surface area contributed by atoms with Gasteiger partial charge in [0.25, 0.3) is 5.91 Å². The van der Waals surface area contributed by atoms with Gasteiger partial charge in [-0.1, -0.05) is 31.0 Å². The number of nitrogens with one attached hydrogen (secondary N) is 1. The van der Waals surface area contributed by atoms with E-state index < -0.39 is 9.84 Å². The number of benzene rings is 2. The molecule has 0 spiro atoms. The van der Waals surface area contributed by atoms with Gasteiger partial charge in [0.1, 0.15) is 0 Å². The molecule has 0 radical (unpaired) electrons. The van der Waals surface area contributed by atoms with Gasteiger partial charge in [0.05, 0.1) is 15.7 Å². The number of sulfone groups is 1. The van der Waals surface area contributed by atoms with Crippen molar-refractivity contribution in [3.8, 4) is 0 Å². The predicted octanol–water partition coefficient (Wildman–Crippen LogP) is 4.20. The lowest BCUT2D eigenvalue weighted by Gasteiger charge is -2.13. The van der Waals surface area contributed by atoms with Crippen molar-refractivity contribution in [2.45, 2.75) is 35.8 Å². The summed E-state index contributed by atoms with van der Waals surface area (Å²) in [7, 11) is -3.35. The second-order valence-electron chi connectivity index (χ2n) is 6.84. The number of pyridine rings is 1. The molecular weight excluding hydrogens is 360 g/mol. The van der Waals surface area contributed by atoms with Crippen molar-refractivity contribution in [3.05, 3.63) is 66.4 Å². The van der Waals surface area contributed by atoms with Gasteiger partial charge < -0.3 is 5.32 Å². The lowest BCUT2D eigenvalue weighted by molar-refractivity contribution is 0.102. The van der Waals surface area contributed by atoms with E-state index in [4.69, 9.17) is 0 Å². The van der Waals surface area contributed by atoms with Gasteiger partial charge in [0, 0.05) is 22.8 Å². The summed E-state index contributed by atoms with van der Waals surface area (Å²) in [4.78, 5) is 17.1. The smallest absolute Gasteiger partial charge is 0.255 e. The lowest BCUT2D eigenvalue weighted by atomic mass is 10.1. The summed E-state index contributed by atoms with van der Waals surface area (Å²) in [6.45, 7) is 0. The third-order valence-corrected chi connectivity index (χ3v) is 7.29. The van der Waals surface area contributed by atoms with Crippen LogP contribution in [0.15, 0.2) is 65.7 Å². The van der Waals surface area contributed by atoms with Crippen LogP contribution in [-0.4, -0.2) is 24.6 Å². The van der Waals surface area contributed by atoms with Crippen molar-refractivity contribution < 1.29 is 13.2 Å². The number of fused-ring (bicyclic) bond motifs is 1. The van der Waals surface area contributed by atoms with Crippen LogP contribution in [0.3, 0.4) is 0 Å². The molecule has 0 saturated heterocycles. The van der Waals surface area contributed by atoms with Gasteiger partial charge in [-0.25, -0.2) is 8.42 Å². The predicted molar refractivity (Wildman–Crippen MR) is 106 cm³/mol. The van der Waals surface area contributed by atoms with Crippen molar-refractivity contribution in [1.29, 1.82) is 0 Å². The van der Waals surface area contributed by atoms with E-state index in [0.717, 1.165) is 23.7 Å². The Morgan fingerprint density at radius 3 is 2.63 bits per heavy atom. The van der Waals surface area contributed by atoms with E-state index in [1.54, 1.807) is 42.6 Å². The van der Waals surface area contributed by atoms with Crippen molar-refractivity contribution in [2.75, 3.05) is 5.32 Å². The van der Waals surface area contributed by atoms with Crippen LogP contribution < -0.4 is 5.32 Å². The molecule has 5 nitrogen and oxygen atoms in total. The largest absolute Gasteiger partial charge is 0.322 e. The highest BCUT2D eigenvalue weighted by atomic mass is 32.2. The van der Waals surface area contributed by atoms with Gasteiger partial charge in [0.2, 0.25) is 0 Å². The van der Waals surface area contributed by atoms with E-state index in [2.05, 4.69) is 10.3 Å². The van der Waals surface area contributed by atoms with Crippen LogP contribution in [0.1, 0.15) is 36.0 Å². The van der Waals surface area contributed by atoms with E-state index in [1.807, 2.05) is 18.2 Å². The van der Waals surface area contributed by atoms with E-state index >= 15 is 0 Å². The standard InChI is InChI=1S/C21H20N2O3S/c24-21(16-11-10-15-5-4-12-22-20(15)13-16)23-17-6-3-9-19(14-17)27(25,26)18-7-1-2-8-18/h3-6,9-14,18H,1-2,7-8H2,(H,23,24).